The number of para-hydroxylation sites is 1. The van der Waals surface area contributed by atoms with Gasteiger partial charge in [-0.1, -0.05) is 54.1 Å². The molecule has 1 N–H and O–H groups in total. The van der Waals surface area contributed by atoms with Gasteiger partial charge >= 0.3 is 0 Å². The lowest BCUT2D eigenvalue weighted by Gasteiger charge is -2.41. The summed E-state index contributed by atoms with van der Waals surface area (Å²) >= 11 is 0. The van der Waals surface area contributed by atoms with Gasteiger partial charge in [-0.3, -0.25) is 4.90 Å². The number of fused-ring (bicyclic) bond motifs is 6. The van der Waals surface area contributed by atoms with Crippen LogP contribution in [0.1, 0.15) is 39.6 Å². The molecule has 0 spiro atoms. The van der Waals surface area contributed by atoms with E-state index in [2.05, 4.69) is 77.1 Å². The number of aryl methyl sites for hydroxylation is 1. The van der Waals surface area contributed by atoms with E-state index >= 15 is 0 Å². The van der Waals surface area contributed by atoms with E-state index in [0.29, 0.717) is 12.6 Å². The molecular formula is C30H34N2O3. The third kappa shape index (κ3) is 4.59. The molecule has 0 radical (unpaired) electrons. The van der Waals surface area contributed by atoms with Crippen molar-refractivity contribution in [3.05, 3.63) is 100 Å². The third-order valence-corrected chi connectivity index (χ3v) is 7.34. The molecule has 0 amide bonds. The van der Waals surface area contributed by atoms with Crippen LogP contribution in [-0.2, 0) is 37.5 Å². The molecule has 0 saturated heterocycles. The Balaban J connectivity index is 0.000000214. The van der Waals surface area contributed by atoms with Crippen LogP contribution in [0.25, 0.3) is 10.9 Å². The van der Waals surface area contributed by atoms with Crippen LogP contribution in [0, 0.1) is 6.92 Å². The van der Waals surface area contributed by atoms with E-state index < -0.39 is 0 Å². The van der Waals surface area contributed by atoms with Crippen LogP contribution in [0.5, 0.6) is 5.75 Å². The van der Waals surface area contributed by atoms with Crippen molar-refractivity contribution < 1.29 is 14.6 Å². The average Bonchev–Trinajstić information content (AvgIpc) is 3.21. The van der Waals surface area contributed by atoms with E-state index in [1.54, 1.807) is 14.2 Å². The molecule has 5 heteroatoms. The Labute approximate surface area is 207 Å². The predicted molar refractivity (Wildman–Crippen MR) is 140 cm³/mol. The highest BCUT2D eigenvalue weighted by molar-refractivity contribution is 5.86. The Hall–Kier alpha value is -3.12. The molecule has 2 aliphatic rings. The molecule has 4 aromatic rings. The SMILES string of the molecule is COCc1ccc(C)cc1.COc1ccc2c(c1)C1Cc3c(n(CO)c4ccccc34)CN1CC2. The van der Waals surface area contributed by atoms with Crippen molar-refractivity contribution in [1.29, 1.82) is 0 Å². The summed E-state index contributed by atoms with van der Waals surface area (Å²) in [5.74, 6) is 0.934. The highest BCUT2D eigenvalue weighted by Crippen LogP contribution is 2.42. The van der Waals surface area contributed by atoms with Crippen LogP contribution in [0.2, 0.25) is 0 Å². The van der Waals surface area contributed by atoms with E-state index in [1.165, 1.54) is 38.9 Å². The lowest BCUT2D eigenvalue weighted by Crippen LogP contribution is -2.39. The molecule has 0 saturated carbocycles. The van der Waals surface area contributed by atoms with Gasteiger partial charge in [-0.2, -0.15) is 0 Å². The van der Waals surface area contributed by atoms with Crippen molar-refractivity contribution in [3.8, 4) is 5.75 Å². The number of rotatable bonds is 4. The van der Waals surface area contributed by atoms with Crippen molar-refractivity contribution in [2.24, 2.45) is 0 Å². The number of hydrogen-bond acceptors (Lipinski definition) is 4. The van der Waals surface area contributed by atoms with Crippen molar-refractivity contribution >= 4 is 10.9 Å². The maximum Gasteiger partial charge on any atom is 0.120 e. The molecule has 1 atom stereocenters. The lowest BCUT2D eigenvalue weighted by molar-refractivity contribution is 0.146. The van der Waals surface area contributed by atoms with Crippen LogP contribution in [-0.4, -0.2) is 35.3 Å². The monoisotopic (exact) mass is 470 g/mol. The summed E-state index contributed by atoms with van der Waals surface area (Å²) < 4.78 is 12.5. The van der Waals surface area contributed by atoms with E-state index in [-0.39, 0.29) is 6.73 Å². The Kier molecular flexibility index (Phi) is 6.91. The van der Waals surface area contributed by atoms with Crippen molar-refractivity contribution in [1.82, 2.24) is 9.47 Å². The fraction of sp³-hybridized carbons (Fsp3) is 0.333. The first-order valence-corrected chi connectivity index (χ1v) is 12.3. The summed E-state index contributed by atoms with van der Waals surface area (Å²) in [5.41, 5.74) is 9.16. The standard InChI is InChI=1S/C21H22N2O2.C9H12O/c1-25-15-7-6-14-8-9-22-12-21-18(11-20(22)17(14)10-15)16-4-2-3-5-19(16)23(21)13-24;1-8-3-5-9(6-4-8)7-10-2/h2-7,10,20,24H,8-9,11-13H2,1H3;3-6H,7H2,1-2H3. The number of aromatic nitrogens is 1. The molecule has 0 aliphatic carbocycles. The zero-order valence-electron chi connectivity index (χ0n) is 20.8. The first kappa shape index (κ1) is 23.6. The fourth-order valence-electron chi connectivity index (χ4n) is 5.52. The molecular weight excluding hydrogens is 436 g/mol. The second-order valence-electron chi connectivity index (χ2n) is 9.44. The van der Waals surface area contributed by atoms with Gasteiger partial charge < -0.3 is 19.1 Å². The van der Waals surface area contributed by atoms with Crippen molar-refractivity contribution in [2.45, 2.75) is 45.7 Å². The minimum atomic E-state index is 0.0404. The molecule has 182 valence electrons. The molecule has 5 nitrogen and oxygen atoms in total. The number of aliphatic hydroxyl groups is 1. The van der Waals surface area contributed by atoms with Gasteiger partial charge in [0, 0.05) is 37.3 Å². The third-order valence-electron chi connectivity index (χ3n) is 7.34. The molecule has 3 heterocycles. The lowest BCUT2D eigenvalue weighted by atomic mass is 9.85. The Bertz CT molecular complexity index is 1310. The fourth-order valence-corrected chi connectivity index (χ4v) is 5.52. The van der Waals surface area contributed by atoms with Crippen LogP contribution in [0.3, 0.4) is 0 Å². The summed E-state index contributed by atoms with van der Waals surface area (Å²) in [7, 11) is 3.44. The van der Waals surface area contributed by atoms with Gasteiger partial charge in [0.15, 0.2) is 0 Å². The minimum absolute atomic E-state index is 0.0404. The second-order valence-corrected chi connectivity index (χ2v) is 9.44. The van der Waals surface area contributed by atoms with Crippen LogP contribution in [0.4, 0.5) is 0 Å². The molecule has 35 heavy (non-hydrogen) atoms. The van der Waals surface area contributed by atoms with Crippen molar-refractivity contribution in [2.75, 3.05) is 20.8 Å². The van der Waals surface area contributed by atoms with E-state index in [9.17, 15) is 5.11 Å². The van der Waals surface area contributed by atoms with Crippen LogP contribution in [0.15, 0.2) is 66.7 Å². The molecule has 0 bridgehead atoms. The van der Waals surface area contributed by atoms with Crippen molar-refractivity contribution in [3.63, 3.8) is 0 Å². The summed E-state index contributed by atoms with van der Waals surface area (Å²) in [5, 5.41) is 11.2. The Morgan fingerprint density at radius 1 is 1.00 bits per heavy atom. The summed E-state index contributed by atoms with van der Waals surface area (Å²) in [6.45, 7) is 4.79. The van der Waals surface area contributed by atoms with Gasteiger partial charge in [0.1, 0.15) is 12.5 Å². The highest BCUT2D eigenvalue weighted by atomic mass is 16.5. The van der Waals surface area contributed by atoms with Gasteiger partial charge in [-0.15, -0.1) is 0 Å². The van der Waals surface area contributed by atoms with Gasteiger partial charge in [0.05, 0.1) is 19.2 Å². The minimum Gasteiger partial charge on any atom is -0.497 e. The molecule has 1 aromatic heterocycles. The van der Waals surface area contributed by atoms with Gasteiger partial charge in [-0.05, 0) is 60.2 Å². The van der Waals surface area contributed by atoms with Gasteiger partial charge in [-0.25, -0.2) is 0 Å². The zero-order valence-corrected chi connectivity index (χ0v) is 20.8. The topological polar surface area (TPSA) is 46.9 Å². The number of benzene rings is 3. The largest absolute Gasteiger partial charge is 0.497 e. The van der Waals surface area contributed by atoms with Gasteiger partial charge in [0.25, 0.3) is 0 Å². The maximum absolute atomic E-state index is 9.93. The summed E-state index contributed by atoms with van der Waals surface area (Å²) in [4.78, 5) is 2.55. The van der Waals surface area contributed by atoms with Crippen LogP contribution < -0.4 is 4.74 Å². The number of aliphatic hydroxyl groups excluding tert-OH is 1. The molecule has 0 fully saturated rings. The number of hydrogen-bond donors (Lipinski definition) is 1. The Morgan fingerprint density at radius 3 is 2.54 bits per heavy atom. The molecule has 2 aliphatic heterocycles. The predicted octanol–water partition coefficient (Wildman–Crippen LogP) is 5.40. The molecule has 3 aromatic carbocycles. The molecule has 6 rings (SSSR count). The molecule has 1 unspecified atom stereocenters. The maximum atomic E-state index is 9.93. The summed E-state index contributed by atoms with van der Waals surface area (Å²) in [6.07, 6.45) is 2.06. The van der Waals surface area contributed by atoms with Crippen LogP contribution >= 0.6 is 0 Å². The van der Waals surface area contributed by atoms with E-state index in [4.69, 9.17) is 9.47 Å². The quantitative estimate of drug-likeness (QED) is 0.434. The average molecular weight is 471 g/mol. The summed E-state index contributed by atoms with van der Waals surface area (Å²) in [6, 6.07) is 23.7. The first-order valence-electron chi connectivity index (χ1n) is 12.3. The highest BCUT2D eigenvalue weighted by Gasteiger charge is 2.35. The number of ether oxygens (including phenoxy) is 2. The first-order chi connectivity index (χ1) is 17.1. The van der Waals surface area contributed by atoms with E-state index in [0.717, 1.165) is 37.2 Å². The number of methoxy groups -OCH3 is 2. The normalized spacial score (nSPS) is 16.6. The Morgan fingerprint density at radius 2 is 1.80 bits per heavy atom. The smallest absolute Gasteiger partial charge is 0.120 e. The zero-order chi connectivity index (χ0) is 24.4. The second kappa shape index (κ2) is 10.2. The van der Waals surface area contributed by atoms with Gasteiger partial charge in [0.2, 0.25) is 0 Å². The van der Waals surface area contributed by atoms with E-state index in [1.807, 2.05) is 6.07 Å². The number of nitrogens with zero attached hydrogens (tertiary/aromatic N) is 2.